The minimum atomic E-state index is -0.630. The van der Waals surface area contributed by atoms with E-state index in [4.69, 9.17) is 23.9 Å². The van der Waals surface area contributed by atoms with E-state index >= 15 is 0 Å². The minimum Gasteiger partial charge on any atom is -0.489 e. The van der Waals surface area contributed by atoms with Gasteiger partial charge in [0.2, 0.25) is 0 Å². The van der Waals surface area contributed by atoms with Crippen molar-refractivity contribution >= 4 is 18.8 Å². The van der Waals surface area contributed by atoms with Crippen molar-refractivity contribution in [3.05, 3.63) is 65.4 Å². The zero-order valence-corrected chi connectivity index (χ0v) is 27.5. The molecule has 0 saturated carbocycles. The van der Waals surface area contributed by atoms with Gasteiger partial charge in [-0.3, -0.25) is 4.68 Å². The molecule has 2 aromatic carbocycles. The van der Waals surface area contributed by atoms with Crippen LogP contribution >= 0.6 is 0 Å². The summed E-state index contributed by atoms with van der Waals surface area (Å²) in [6.45, 7) is 21.5. The molecule has 0 aliphatic carbocycles. The topological polar surface area (TPSA) is 83.8 Å². The third kappa shape index (κ3) is 7.81. The Morgan fingerprint density at radius 2 is 1.60 bits per heavy atom. The predicted molar refractivity (Wildman–Crippen MR) is 172 cm³/mol. The monoisotopic (exact) mass is 589 g/mol. The van der Waals surface area contributed by atoms with Gasteiger partial charge in [0.05, 0.1) is 17.7 Å². The predicted octanol–water partition coefficient (Wildman–Crippen LogP) is 6.64. The van der Waals surface area contributed by atoms with Crippen LogP contribution in [0.2, 0.25) is 0 Å². The van der Waals surface area contributed by atoms with Crippen LogP contribution in [0.1, 0.15) is 92.0 Å². The SMILES string of the molecule is CCc1c(-c2ccc(OCc3ccc(C(C)C)cc3)cc2)c(B2OC(C)(C)C(C)(C)O2)nn1CCNC(=O)OC(C)(C)C. The number of alkyl carbamates (subject to hydrolysis) is 1. The Morgan fingerprint density at radius 3 is 2.14 bits per heavy atom. The quantitative estimate of drug-likeness (QED) is 0.267. The molecule has 0 atom stereocenters. The fourth-order valence-electron chi connectivity index (χ4n) is 4.96. The average Bonchev–Trinajstić information content (AvgIpc) is 3.39. The molecule has 1 aliphatic heterocycles. The Hall–Kier alpha value is -3.30. The molecule has 43 heavy (non-hydrogen) atoms. The van der Waals surface area contributed by atoms with Gasteiger partial charge in [0.25, 0.3) is 0 Å². The first-order valence-electron chi connectivity index (χ1n) is 15.3. The molecule has 1 fully saturated rings. The number of ether oxygens (including phenoxy) is 2. The molecule has 0 bridgehead atoms. The number of nitrogens with one attached hydrogen (secondary N) is 1. The molecule has 0 unspecified atom stereocenters. The Kier molecular flexibility index (Phi) is 9.67. The molecule has 0 radical (unpaired) electrons. The van der Waals surface area contributed by atoms with Crippen LogP contribution in [0.4, 0.5) is 4.79 Å². The molecular formula is C34H48BN3O5. The number of benzene rings is 2. The van der Waals surface area contributed by atoms with E-state index in [0.717, 1.165) is 40.1 Å². The lowest BCUT2D eigenvalue weighted by molar-refractivity contribution is 0.00578. The molecule has 0 spiro atoms. The van der Waals surface area contributed by atoms with Gasteiger partial charge in [0.1, 0.15) is 23.6 Å². The van der Waals surface area contributed by atoms with Gasteiger partial charge in [-0.05, 0) is 89.6 Å². The van der Waals surface area contributed by atoms with Gasteiger partial charge in [-0.15, -0.1) is 0 Å². The second kappa shape index (κ2) is 12.7. The first-order valence-corrected chi connectivity index (χ1v) is 15.3. The van der Waals surface area contributed by atoms with Crippen LogP contribution in [0.25, 0.3) is 11.1 Å². The summed E-state index contributed by atoms with van der Waals surface area (Å²) in [6.07, 6.45) is 0.286. The van der Waals surface area contributed by atoms with Gasteiger partial charge < -0.3 is 24.1 Å². The fourth-order valence-corrected chi connectivity index (χ4v) is 4.96. The van der Waals surface area contributed by atoms with E-state index in [9.17, 15) is 4.79 Å². The Bertz CT molecular complexity index is 1370. The summed E-state index contributed by atoms with van der Waals surface area (Å²) in [7, 11) is -0.630. The average molecular weight is 590 g/mol. The molecule has 1 aliphatic rings. The molecule has 8 nitrogen and oxygen atoms in total. The van der Waals surface area contributed by atoms with Gasteiger partial charge in [-0.2, -0.15) is 5.10 Å². The highest BCUT2D eigenvalue weighted by Crippen LogP contribution is 2.38. The molecule has 1 amide bonds. The van der Waals surface area contributed by atoms with E-state index in [2.05, 4.69) is 62.5 Å². The lowest BCUT2D eigenvalue weighted by atomic mass is 9.79. The zero-order chi connectivity index (χ0) is 31.6. The second-order valence-electron chi connectivity index (χ2n) is 13.5. The van der Waals surface area contributed by atoms with Crippen molar-refractivity contribution in [1.82, 2.24) is 15.1 Å². The number of aromatic nitrogens is 2. The van der Waals surface area contributed by atoms with Gasteiger partial charge in [0, 0.05) is 17.8 Å². The molecule has 1 aromatic heterocycles. The summed E-state index contributed by atoms with van der Waals surface area (Å²) < 4.78 is 26.3. The second-order valence-corrected chi connectivity index (χ2v) is 13.5. The highest BCUT2D eigenvalue weighted by molar-refractivity contribution is 6.63. The number of nitrogens with zero attached hydrogens (tertiary/aromatic N) is 2. The molecule has 9 heteroatoms. The fraction of sp³-hybridized carbons (Fsp3) is 0.529. The van der Waals surface area contributed by atoms with Gasteiger partial charge >= 0.3 is 13.2 Å². The largest absolute Gasteiger partial charge is 0.517 e. The standard InChI is InChI=1S/C34H48BN3O5/c1-11-28-29(26-16-18-27(19-17-26)40-22-24-12-14-25(15-13-24)23(2)3)30(35-42-33(7,8)34(9,10)43-35)37-38(28)21-20-36-31(39)41-32(4,5)6/h12-19,23H,11,20-22H2,1-10H3,(H,36,39). The van der Waals surface area contributed by atoms with Crippen LogP contribution in [0.15, 0.2) is 48.5 Å². The Labute approximate surface area is 257 Å². The minimum absolute atomic E-state index is 0.372. The molecule has 3 aromatic rings. The van der Waals surface area contributed by atoms with E-state index in [0.29, 0.717) is 25.6 Å². The van der Waals surface area contributed by atoms with E-state index in [-0.39, 0.29) is 0 Å². The molecule has 4 rings (SSSR count). The number of amides is 1. The number of rotatable bonds is 10. The first-order chi connectivity index (χ1) is 20.1. The van der Waals surface area contributed by atoms with Gasteiger partial charge in [-0.25, -0.2) is 4.79 Å². The van der Waals surface area contributed by atoms with E-state index in [1.165, 1.54) is 5.56 Å². The zero-order valence-electron chi connectivity index (χ0n) is 27.5. The van der Waals surface area contributed by atoms with Crippen LogP contribution in [0.3, 0.4) is 0 Å². The maximum atomic E-state index is 12.3. The highest BCUT2D eigenvalue weighted by Gasteiger charge is 2.53. The van der Waals surface area contributed by atoms with Crippen LogP contribution in [0, 0.1) is 0 Å². The number of carbonyl (C=O) groups excluding carboxylic acids is 1. The summed E-state index contributed by atoms with van der Waals surface area (Å²) in [5.41, 5.74) is 4.63. The molecular weight excluding hydrogens is 541 g/mol. The third-order valence-electron chi connectivity index (χ3n) is 8.08. The van der Waals surface area contributed by atoms with Gasteiger partial charge in [0.15, 0.2) is 0 Å². The van der Waals surface area contributed by atoms with E-state index < -0.39 is 30.0 Å². The summed E-state index contributed by atoms with van der Waals surface area (Å²) in [6, 6.07) is 16.7. The summed E-state index contributed by atoms with van der Waals surface area (Å²) in [4.78, 5) is 12.3. The van der Waals surface area contributed by atoms with E-state index in [1.807, 2.05) is 65.3 Å². The lowest BCUT2D eigenvalue weighted by Crippen LogP contribution is -2.41. The van der Waals surface area contributed by atoms with Crippen molar-refractivity contribution in [2.45, 2.75) is 112 Å². The van der Waals surface area contributed by atoms with Crippen molar-refractivity contribution < 1.29 is 23.6 Å². The smallest absolute Gasteiger partial charge is 0.489 e. The Morgan fingerprint density at radius 1 is 1.00 bits per heavy atom. The van der Waals surface area contributed by atoms with Gasteiger partial charge in [-0.1, -0.05) is 57.2 Å². The van der Waals surface area contributed by atoms with Crippen molar-refractivity contribution in [3.63, 3.8) is 0 Å². The maximum absolute atomic E-state index is 12.3. The maximum Gasteiger partial charge on any atom is 0.517 e. The summed E-state index contributed by atoms with van der Waals surface area (Å²) in [5, 5.41) is 7.85. The highest BCUT2D eigenvalue weighted by atomic mass is 16.7. The summed E-state index contributed by atoms with van der Waals surface area (Å²) >= 11 is 0. The van der Waals surface area contributed by atoms with Crippen LogP contribution in [0.5, 0.6) is 5.75 Å². The molecule has 1 N–H and O–H groups in total. The first kappa shape index (κ1) is 32.6. The molecule has 2 heterocycles. The normalized spacial score (nSPS) is 16.0. The summed E-state index contributed by atoms with van der Waals surface area (Å²) in [5.74, 6) is 1.30. The number of hydrogen-bond donors (Lipinski definition) is 1. The van der Waals surface area contributed by atoms with E-state index in [1.54, 1.807) is 0 Å². The molecule has 232 valence electrons. The van der Waals surface area contributed by atoms with Crippen molar-refractivity contribution in [2.75, 3.05) is 6.54 Å². The lowest BCUT2D eigenvalue weighted by Gasteiger charge is -2.32. The van der Waals surface area contributed by atoms with Crippen molar-refractivity contribution in [2.24, 2.45) is 0 Å². The molecule has 1 saturated heterocycles. The third-order valence-corrected chi connectivity index (χ3v) is 8.08. The Balaban J connectivity index is 1.58. The van der Waals surface area contributed by atoms with Crippen LogP contribution in [-0.4, -0.2) is 46.3 Å². The van der Waals surface area contributed by atoms with Crippen LogP contribution < -0.4 is 15.6 Å². The van der Waals surface area contributed by atoms with Crippen molar-refractivity contribution in [3.8, 4) is 16.9 Å². The number of carbonyl (C=O) groups is 1. The van der Waals surface area contributed by atoms with Crippen molar-refractivity contribution in [1.29, 1.82) is 0 Å². The number of hydrogen-bond acceptors (Lipinski definition) is 6. The van der Waals surface area contributed by atoms with Crippen LogP contribution in [-0.2, 0) is 33.6 Å².